The Kier molecular flexibility index (Phi) is 5.86. The van der Waals surface area contributed by atoms with Gasteiger partial charge in [0, 0.05) is 15.5 Å². The van der Waals surface area contributed by atoms with Crippen molar-refractivity contribution in [3.63, 3.8) is 0 Å². The van der Waals surface area contributed by atoms with Gasteiger partial charge < -0.3 is 9.31 Å². The highest BCUT2D eigenvalue weighted by molar-refractivity contribution is 7.14. The molecular formula is C19H26BClO2S. The van der Waals surface area contributed by atoms with Crippen LogP contribution in [0.4, 0.5) is 0 Å². The van der Waals surface area contributed by atoms with Gasteiger partial charge in [0.1, 0.15) is 0 Å². The van der Waals surface area contributed by atoms with Crippen LogP contribution in [0, 0.1) is 6.92 Å². The Labute approximate surface area is 155 Å². The average Bonchev–Trinajstić information content (AvgIpc) is 3.04. The molecule has 0 atom stereocenters. The van der Waals surface area contributed by atoms with Crippen molar-refractivity contribution < 1.29 is 9.31 Å². The molecule has 1 saturated heterocycles. The van der Waals surface area contributed by atoms with Gasteiger partial charge in [0.2, 0.25) is 0 Å². The van der Waals surface area contributed by atoms with E-state index in [1.54, 1.807) is 11.3 Å². The van der Waals surface area contributed by atoms with E-state index in [1.165, 1.54) is 0 Å². The summed E-state index contributed by atoms with van der Waals surface area (Å²) in [7, 11) is -0.320. The lowest BCUT2D eigenvalue weighted by Crippen LogP contribution is -2.41. The maximum absolute atomic E-state index is 6.37. The molecule has 0 N–H and O–H groups in total. The van der Waals surface area contributed by atoms with Crippen molar-refractivity contribution in [2.45, 2.75) is 59.7 Å². The van der Waals surface area contributed by atoms with Crippen molar-refractivity contribution in [1.29, 1.82) is 0 Å². The molecule has 1 aromatic carbocycles. The van der Waals surface area contributed by atoms with Crippen LogP contribution in [0.15, 0.2) is 29.6 Å². The number of halogens is 1. The summed E-state index contributed by atoms with van der Waals surface area (Å²) in [6.07, 6.45) is 0. The molecule has 24 heavy (non-hydrogen) atoms. The van der Waals surface area contributed by atoms with Gasteiger partial charge in [-0.3, -0.25) is 0 Å². The summed E-state index contributed by atoms with van der Waals surface area (Å²) in [5, 5.41) is 2.87. The molecule has 2 heterocycles. The van der Waals surface area contributed by atoms with Crippen molar-refractivity contribution in [3.8, 4) is 10.4 Å². The molecule has 1 aliphatic heterocycles. The van der Waals surface area contributed by atoms with Gasteiger partial charge in [-0.25, -0.2) is 0 Å². The van der Waals surface area contributed by atoms with Gasteiger partial charge in [-0.2, -0.15) is 0 Å². The van der Waals surface area contributed by atoms with E-state index in [-0.39, 0.29) is 18.3 Å². The van der Waals surface area contributed by atoms with Crippen LogP contribution in [0.1, 0.15) is 47.1 Å². The third-order valence-corrected chi connectivity index (χ3v) is 5.83. The first-order valence-corrected chi connectivity index (χ1v) is 9.66. The van der Waals surface area contributed by atoms with Gasteiger partial charge in [-0.1, -0.05) is 37.6 Å². The van der Waals surface area contributed by atoms with Gasteiger partial charge in [-0.15, -0.1) is 11.3 Å². The zero-order valence-electron chi connectivity index (χ0n) is 15.6. The summed E-state index contributed by atoms with van der Waals surface area (Å²) in [5.41, 5.74) is 2.63. The zero-order chi connectivity index (χ0) is 18.1. The minimum Gasteiger partial charge on any atom is -0.399 e. The maximum atomic E-state index is 6.37. The lowest BCUT2D eigenvalue weighted by Gasteiger charge is -2.32. The quantitative estimate of drug-likeness (QED) is 0.636. The molecule has 5 heteroatoms. The molecule has 130 valence electrons. The average molecular weight is 365 g/mol. The van der Waals surface area contributed by atoms with Crippen molar-refractivity contribution in [1.82, 2.24) is 0 Å². The van der Waals surface area contributed by atoms with Gasteiger partial charge in [-0.05, 0) is 63.2 Å². The second-order valence-electron chi connectivity index (χ2n) is 6.82. The van der Waals surface area contributed by atoms with Crippen molar-refractivity contribution in [2.24, 2.45) is 0 Å². The molecule has 0 aliphatic carbocycles. The van der Waals surface area contributed by atoms with Gasteiger partial charge >= 0.3 is 7.12 Å². The third-order valence-electron chi connectivity index (χ3n) is 4.54. The summed E-state index contributed by atoms with van der Waals surface area (Å²) in [5.74, 6) is 0. The van der Waals surface area contributed by atoms with Crippen molar-refractivity contribution >= 4 is 35.5 Å². The van der Waals surface area contributed by atoms with E-state index in [4.69, 9.17) is 20.9 Å². The SMILES string of the molecule is CC.Cc1ccc(-c2cc(B3OC(C)(C)C(C)(C)O3)cs2)c(Cl)c1. The van der Waals surface area contributed by atoms with Gasteiger partial charge in [0.15, 0.2) is 0 Å². The normalized spacial score (nSPS) is 18.2. The van der Waals surface area contributed by atoms with Crippen LogP contribution in [-0.4, -0.2) is 18.3 Å². The van der Waals surface area contributed by atoms with Crippen LogP contribution in [0.25, 0.3) is 10.4 Å². The molecule has 0 radical (unpaired) electrons. The fraction of sp³-hybridized carbons (Fsp3) is 0.474. The lowest BCUT2D eigenvalue weighted by atomic mass is 9.81. The largest absolute Gasteiger partial charge is 0.495 e. The Morgan fingerprint density at radius 2 is 1.58 bits per heavy atom. The summed E-state index contributed by atoms with van der Waals surface area (Å²) in [6, 6.07) is 8.25. The molecule has 0 saturated carbocycles. The van der Waals surface area contributed by atoms with E-state index in [2.05, 4.69) is 51.3 Å². The maximum Gasteiger partial charge on any atom is 0.495 e. The molecule has 1 fully saturated rings. The van der Waals surface area contributed by atoms with Crippen LogP contribution >= 0.6 is 22.9 Å². The molecule has 0 amide bonds. The summed E-state index contributed by atoms with van der Waals surface area (Å²) < 4.78 is 12.2. The Morgan fingerprint density at radius 3 is 2.12 bits per heavy atom. The summed E-state index contributed by atoms with van der Waals surface area (Å²) in [4.78, 5) is 1.13. The van der Waals surface area contributed by atoms with Crippen LogP contribution in [0.5, 0.6) is 0 Å². The topological polar surface area (TPSA) is 18.5 Å². The molecule has 2 aromatic rings. The number of hydrogen-bond donors (Lipinski definition) is 0. The molecular weight excluding hydrogens is 339 g/mol. The Morgan fingerprint density at radius 1 is 1.00 bits per heavy atom. The first-order chi connectivity index (χ1) is 11.2. The number of aryl methyl sites for hydroxylation is 1. The lowest BCUT2D eigenvalue weighted by molar-refractivity contribution is 0.00578. The standard InChI is InChI=1S/C17H20BClO2S.C2H6/c1-11-6-7-13(14(19)8-11)15-9-12(10-22-15)18-20-16(2,3)17(4,5)21-18;1-2/h6-10H,1-5H3;1-2H3. The highest BCUT2D eigenvalue weighted by atomic mass is 35.5. The third kappa shape index (κ3) is 3.72. The van der Waals surface area contributed by atoms with Crippen molar-refractivity contribution in [3.05, 3.63) is 40.2 Å². The first kappa shape index (κ1) is 19.5. The summed E-state index contributed by atoms with van der Waals surface area (Å²) in [6.45, 7) is 14.3. The van der Waals surface area contributed by atoms with E-state index >= 15 is 0 Å². The van der Waals surface area contributed by atoms with Gasteiger partial charge in [0.05, 0.1) is 11.2 Å². The smallest absolute Gasteiger partial charge is 0.399 e. The Hall–Kier alpha value is -0.805. The predicted molar refractivity (Wildman–Crippen MR) is 107 cm³/mol. The monoisotopic (exact) mass is 364 g/mol. The van der Waals surface area contributed by atoms with Crippen LogP contribution in [0.3, 0.4) is 0 Å². The van der Waals surface area contributed by atoms with Crippen LogP contribution in [0.2, 0.25) is 5.02 Å². The fourth-order valence-corrected chi connectivity index (χ4v) is 3.76. The van der Waals surface area contributed by atoms with E-state index < -0.39 is 0 Å². The minimum atomic E-state index is -0.320. The Bertz CT molecular complexity index is 693. The highest BCUT2D eigenvalue weighted by Gasteiger charge is 2.51. The predicted octanol–water partition coefficient (Wildman–Crippen LogP) is 5.70. The van der Waals surface area contributed by atoms with E-state index in [1.807, 2.05) is 26.8 Å². The molecule has 2 nitrogen and oxygen atoms in total. The summed E-state index contributed by atoms with van der Waals surface area (Å²) >= 11 is 8.03. The molecule has 0 spiro atoms. The van der Waals surface area contributed by atoms with Crippen LogP contribution in [-0.2, 0) is 9.31 Å². The molecule has 0 bridgehead atoms. The number of hydrogen-bond acceptors (Lipinski definition) is 3. The number of thiophene rings is 1. The minimum absolute atomic E-state index is 0.318. The van der Waals surface area contributed by atoms with E-state index in [0.29, 0.717) is 0 Å². The van der Waals surface area contributed by atoms with E-state index in [0.717, 1.165) is 26.5 Å². The van der Waals surface area contributed by atoms with E-state index in [9.17, 15) is 0 Å². The molecule has 1 aromatic heterocycles. The van der Waals surface area contributed by atoms with Crippen LogP contribution < -0.4 is 5.46 Å². The first-order valence-electron chi connectivity index (χ1n) is 8.40. The molecule has 3 rings (SSSR count). The number of rotatable bonds is 2. The Balaban J connectivity index is 0.00000100. The number of benzene rings is 1. The molecule has 0 unspecified atom stereocenters. The van der Waals surface area contributed by atoms with Crippen molar-refractivity contribution in [2.75, 3.05) is 0 Å². The second-order valence-corrected chi connectivity index (χ2v) is 8.13. The fourth-order valence-electron chi connectivity index (χ4n) is 2.41. The van der Waals surface area contributed by atoms with Gasteiger partial charge in [0.25, 0.3) is 0 Å². The highest BCUT2D eigenvalue weighted by Crippen LogP contribution is 2.38. The zero-order valence-corrected chi connectivity index (χ0v) is 17.1. The second kappa shape index (κ2) is 7.21. The molecule has 1 aliphatic rings.